The predicted molar refractivity (Wildman–Crippen MR) is 189 cm³/mol. The van der Waals surface area contributed by atoms with Gasteiger partial charge in [0.25, 0.3) is 5.91 Å². The first-order chi connectivity index (χ1) is 20.3. The molecule has 1 aliphatic rings. The topological polar surface area (TPSA) is 74.5 Å². The van der Waals surface area contributed by atoms with E-state index in [1.165, 1.54) is 17.7 Å². The first kappa shape index (κ1) is 30.7. The Morgan fingerprint density at radius 2 is 1.86 bits per heavy atom. The van der Waals surface area contributed by atoms with Gasteiger partial charge in [0.05, 0.1) is 20.8 Å². The summed E-state index contributed by atoms with van der Waals surface area (Å²) in [4.78, 5) is 20.1. The van der Waals surface area contributed by atoms with Gasteiger partial charge in [0.15, 0.2) is 0 Å². The van der Waals surface area contributed by atoms with Gasteiger partial charge in [-0.2, -0.15) is 5.26 Å². The van der Waals surface area contributed by atoms with Gasteiger partial charge < -0.3 is 10.1 Å². The highest BCUT2D eigenvalue weighted by molar-refractivity contribution is 14.1. The number of carbonyl (C=O) groups is 1. The molecule has 4 aromatic rings. The van der Waals surface area contributed by atoms with Crippen molar-refractivity contribution in [3.8, 4) is 11.8 Å². The fraction of sp³-hybridized carbons (Fsp3) is 0.265. The number of rotatable bonds is 7. The lowest BCUT2D eigenvalue weighted by atomic mass is 9.96. The van der Waals surface area contributed by atoms with Gasteiger partial charge in [0, 0.05) is 31.5 Å². The van der Waals surface area contributed by atoms with Crippen LogP contribution < -0.4 is 10.1 Å². The second-order valence-electron chi connectivity index (χ2n) is 10.5. The summed E-state index contributed by atoms with van der Waals surface area (Å²) in [6.07, 6.45) is 8.31. The lowest BCUT2D eigenvalue weighted by Gasteiger charge is -2.14. The molecule has 1 aromatic heterocycles. The van der Waals surface area contributed by atoms with Crippen LogP contribution in [-0.4, -0.2) is 12.1 Å². The molecule has 1 heterocycles. The van der Waals surface area contributed by atoms with E-state index in [0.717, 1.165) is 71.3 Å². The van der Waals surface area contributed by atoms with Gasteiger partial charge in [-0.1, -0.05) is 43.2 Å². The molecule has 0 bridgehead atoms. The van der Waals surface area contributed by atoms with Crippen molar-refractivity contribution in [1.29, 1.82) is 5.26 Å². The van der Waals surface area contributed by atoms with Crippen molar-refractivity contribution in [2.75, 3.05) is 5.32 Å². The van der Waals surface area contributed by atoms with Gasteiger partial charge >= 0.3 is 0 Å². The van der Waals surface area contributed by atoms with Crippen LogP contribution in [0.3, 0.4) is 0 Å². The van der Waals surface area contributed by atoms with Crippen LogP contribution in [0.25, 0.3) is 0 Å². The van der Waals surface area contributed by atoms with Gasteiger partial charge in [-0.15, -0.1) is 11.3 Å². The Labute approximate surface area is 278 Å². The second kappa shape index (κ2) is 14.1. The Morgan fingerprint density at radius 3 is 2.67 bits per heavy atom. The maximum Gasteiger partial charge on any atom is 0.259 e. The van der Waals surface area contributed by atoms with E-state index in [-0.39, 0.29) is 12.5 Å². The monoisotopic (exact) mass is 799 g/mol. The number of nitriles is 1. The van der Waals surface area contributed by atoms with Crippen molar-refractivity contribution in [1.82, 2.24) is 0 Å². The number of ether oxygens (including phenoxy) is 1. The molecule has 42 heavy (non-hydrogen) atoms. The van der Waals surface area contributed by atoms with Crippen molar-refractivity contribution in [3.05, 3.63) is 106 Å². The molecule has 3 aromatic carbocycles. The number of nitrogens with one attached hydrogen (secondary N) is 1. The van der Waals surface area contributed by atoms with Gasteiger partial charge in [0.2, 0.25) is 0 Å². The first-order valence-electron chi connectivity index (χ1n) is 14.0. The molecule has 8 heteroatoms. The lowest BCUT2D eigenvalue weighted by Crippen LogP contribution is -2.15. The first-order valence-corrected chi connectivity index (χ1v) is 17.0. The molecular formula is C34H31I2N3O2S. The molecule has 0 aliphatic heterocycles. The third-order valence-electron chi connectivity index (χ3n) is 7.39. The van der Waals surface area contributed by atoms with Crippen molar-refractivity contribution in [2.24, 2.45) is 4.99 Å². The van der Waals surface area contributed by atoms with Crippen molar-refractivity contribution in [2.45, 2.75) is 59.0 Å². The number of amides is 1. The van der Waals surface area contributed by atoms with Crippen molar-refractivity contribution >= 4 is 79.3 Å². The number of halogens is 2. The number of thiophene rings is 1. The number of benzene rings is 3. The van der Waals surface area contributed by atoms with Crippen LogP contribution in [0.15, 0.2) is 59.6 Å². The Hall–Kier alpha value is -2.75. The molecule has 1 aliphatic carbocycles. The van der Waals surface area contributed by atoms with Crippen LogP contribution in [0.2, 0.25) is 0 Å². The number of carbonyl (C=O) groups excluding carboxylic acids is 1. The summed E-state index contributed by atoms with van der Waals surface area (Å²) in [5, 5.41) is 13.4. The Bertz CT molecular complexity index is 1700. The number of aliphatic imine (C=N–C) groups is 1. The highest BCUT2D eigenvalue weighted by Gasteiger charge is 2.25. The summed E-state index contributed by atoms with van der Waals surface area (Å²) in [7, 11) is 0. The van der Waals surface area contributed by atoms with Crippen LogP contribution >= 0.6 is 56.5 Å². The average molecular weight is 800 g/mol. The molecule has 5 rings (SSSR count). The number of hydrogen-bond acceptors (Lipinski definition) is 5. The quantitative estimate of drug-likeness (QED) is 0.150. The Balaban J connectivity index is 1.51. The standard InChI is InChI=1S/C34H31I2N3O2S/c1-21-13-14-22(2)29(15-21)39-33(40)31-27-11-5-3-4-6-12-30(27)42-34(31)38-19-25-16-26(35)17-28(36)32(25)41-20-24-10-8-7-9-23(24)18-37/h7-10,13-17,19H,3-6,11-12,20H2,1-2H3,(H,39,40). The summed E-state index contributed by atoms with van der Waals surface area (Å²) < 4.78 is 8.33. The summed E-state index contributed by atoms with van der Waals surface area (Å²) >= 11 is 6.22. The van der Waals surface area contributed by atoms with Crippen LogP contribution in [-0.2, 0) is 19.4 Å². The summed E-state index contributed by atoms with van der Waals surface area (Å²) in [5.74, 6) is 0.611. The normalized spacial score (nSPS) is 13.2. The van der Waals surface area contributed by atoms with E-state index >= 15 is 0 Å². The largest absolute Gasteiger partial charge is 0.487 e. The zero-order valence-corrected chi connectivity index (χ0v) is 28.7. The van der Waals surface area contributed by atoms with Gasteiger partial charge in [-0.3, -0.25) is 4.79 Å². The summed E-state index contributed by atoms with van der Waals surface area (Å²) in [6, 6.07) is 19.9. The number of nitrogens with zero attached hydrogens (tertiary/aromatic N) is 2. The van der Waals surface area contributed by atoms with Gasteiger partial charge in [-0.25, -0.2) is 4.99 Å². The number of hydrogen-bond donors (Lipinski definition) is 1. The highest BCUT2D eigenvalue weighted by Crippen LogP contribution is 2.40. The molecule has 1 N–H and O–H groups in total. The smallest absolute Gasteiger partial charge is 0.259 e. The minimum Gasteiger partial charge on any atom is -0.487 e. The molecule has 214 valence electrons. The third-order valence-corrected chi connectivity index (χ3v) is 10.0. The fourth-order valence-electron chi connectivity index (χ4n) is 5.15. The third kappa shape index (κ3) is 7.24. The van der Waals surface area contributed by atoms with E-state index in [1.807, 2.05) is 56.5 Å². The summed E-state index contributed by atoms with van der Waals surface area (Å²) in [6.45, 7) is 4.33. The molecule has 0 saturated heterocycles. The zero-order chi connectivity index (χ0) is 29.6. The lowest BCUT2D eigenvalue weighted by molar-refractivity contribution is 0.102. The fourth-order valence-corrected chi connectivity index (χ4v) is 8.42. The molecule has 0 fully saturated rings. The predicted octanol–water partition coefficient (Wildman–Crippen LogP) is 9.69. The zero-order valence-electron chi connectivity index (χ0n) is 23.6. The van der Waals surface area contributed by atoms with Gasteiger partial charge in [-0.05, 0) is 126 Å². The van der Waals surface area contributed by atoms with E-state index in [0.29, 0.717) is 16.9 Å². The van der Waals surface area contributed by atoms with E-state index in [4.69, 9.17) is 9.73 Å². The van der Waals surface area contributed by atoms with E-state index in [2.05, 4.69) is 68.7 Å². The van der Waals surface area contributed by atoms with E-state index in [9.17, 15) is 10.1 Å². The maximum atomic E-state index is 13.9. The van der Waals surface area contributed by atoms with Crippen molar-refractivity contribution in [3.63, 3.8) is 0 Å². The number of anilines is 1. The average Bonchev–Trinajstić information content (AvgIpc) is 3.29. The minimum atomic E-state index is -0.101. The Kier molecular flexibility index (Phi) is 10.3. The minimum absolute atomic E-state index is 0.101. The van der Waals surface area contributed by atoms with Crippen LogP contribution in [0, 0.1) is 32.3 Å². The van der Waals surface area contributed by atoms with Crippen LogP contribution in [0.4, 0.5) is 10.7 Å². The Morgan fingerprint density at radius 1 is 1.07 bits per heavy atom. The molecule has 0 spiro atoms. The van der Waals surface area contributed by atoms with E-state index < -0.39 is 0 Å². The van der Waals surface area contributed by atoms with Gasteiger partial charge in [0.1, 0.15) is 17.4 Å². The molecule has 1 amide bonds. The van der Waals surface area contributed by atoms with Crippen LogP contribution in [0.5, 0.6) is 5.75 Å². The SMILES string of the molecule is Cc1ccc(C)c(NC(=O)c2c(N=Cc3cc(I)cc(I)c3OCc3ccccc3C#N)sc3c2CCCCCC3)c1. The number of aryl methyl sites for hydroxylation is 3. The molecule has 5 nitrogen and oxygen atoms in total. The maximum absolute atomic E-state index is 13.9. The summed E-state index contributed by atoms with van der Waals surface area (Å²) in [5.41, 5.74) is 7.09. The van der Waals surface area contributed by atoms with E-state index in [1.54, 1.807) is 17.4 Å². The molecule has 0 atom stereocenters. The molecule has 0 saturated carbocycles. The second-order valence-corrected chi connectivity index (χ2v) is 14.0. The van der Waals surface area contributed by atoms with Crippen molar-refractivity contribution < 1.29 is 9.53 Å². The molecule has 0 unspecified atom stereocenters. The highest BCUT2D eigenvalue weighted by atomic mass is 127. The van der Waals surface area contributed by atoms with Crippen LogP contribution in [0.1, 0.15) is 74.3 Å². The molecule has 0 radical (unpaired) electrons. The number of fused-ring (bicyclic) bond motifs is 1. The molecular weight excluding hydrogens is 768 g/mol.